The fourth-order valence-electron chi connectivity index (χ4n) is 5.03. The van der Waals surface area contributed by atoms with Crippen molar-refractivity contribution in [2.75, 3.05) is 4.90 Å². The van der Waals surface area contributed by atoms with Crippen LogP contribution in [0, 0.1) is 55.4 Å². The summed E-state index contributed by atoms with van der Waals surface area (Å²) in [6.45, 7) is 18.7. The van der Waals surface area contributed by atoms with Gasteiger partial charge in [0, 0.05) is 12.6 Å². The Morgan fingerprint density at radius 3 is 1.27 bits per heavy atom. The monoisotopic (exact) mass is 399 g/mol. The number of nitrogens with zero attached hydrogens (tertiary/aromatic N) is 1. The Morgan fingerprint density at radius 2 is 0.900 bits per heavy atom. The largest absolute Gasteiger partial charge is 0.281 e. The summed E-state index contributed by atoms with van der Waals surface area (Å²) in [5, 5.41) is 0. The highest BCUT2D eigenvalue weighted by atomic mass is 16.2. The molecule has 0 fully saturated rings. The van der Waals surface area contributed by atoms with Crippen LogP contribution in [0.2, 0.25) is 0 Å². The molecule has 0 saturated heterocycles. The van der Waals surface area contributed by atoms with Crippen LogP contribution in [-0.2, 0) is 4.79 Å². The fourth-order valence-corrected chi connectivity index (χ4v) is 5.03. The fraction of sp³-hybridized carbons (Fsp3) is 0.321. The van der Waals surface area contributed by atoms with Gasteiger partial charge in [-0.1, -0.05) is 35.4 Å². The number of anilines is 2. The van der Waals surface area contributed by atoms with E-state index < -0.39 is 0 Å². The topological polar surface area (TPSA) is 20.3 Å². The summed E-state index contributed by atoms with van der Waals surface area (Å²) in [4.78, 5) is 14.6. The van der Waals surface area contributed by atoms with Crippen molar-refractivity contribution in [1.29, 1.82) is 0 Å². The lowest BCUT2D eigenvalue weighted by Gasteiger charge is -2.27. The zero-order chi connectivity index (χ0) is 22.3. The van der Waals surface area contributed by atoms with E-state index in [-0.39, 0.29) is 5.91 Å². The summed E-state index contributed by atoms with van der Waals surface area (Å²) in [5.41, 5.74) is 14.2. The Labute approximate surface area is 181 Å². The molecule has 0 spiro atoms. The van der Waals surface area contributed by atoms with Gasteiger partial charge in [-0.15, -0.1) is 0 Å². The van der Waals surface area contributed by atoms with E-state index in [9.17, 15) is 4.79 Å². The molecule has 0 N–H and O–H groups in total. The van der Waals surface area contributed by atoms with E-state index in [1.807, 2.05) is 4.90 Å². The smallest absolute Gasteiger partial charge is 0.228 e. The second-order valence-electron chi connectivity index (χ2n) is 8.83. The first kappa shape index (κ1) is 21.8. The van der Waals surface area contributed by atoms with Crippen molar-refractivity contribution in [3.63, 3.8) is 0 Å². The van der Waals surface area contributed by atoms with E-state index in [0.29, 0.717) is 0 Å². The van der Waals surface area contributed by atoms with Crippen LogP contribution < -0.4 is 4.90 Å². The average molecular weight is 400 g/mol. The first-order chi connectivity index (χ1) is 14.0. The molecular weight excluding hydrogens is 366 g/mol. The quantitative estimate of drug-likeness (QED) is 0.446. The van der Waals surface area contributed by atoms with Gasteiger partial charge in [0.15, 0.2) is 0 Å². The lowest BCUT2D eigenvalue weighted by atomic mass is 9.88. The predicted molar refractivity (Wildman–Crippen MR) is 129 cm³/mol. The Kier molecular flexibility index (Phi) is 5.90. The molecule has 0 heterocycles. The summed E-state index contributed by atoms with van der Waals surface area (Å²) in [6.07, 6.45) is 0. The molecule has 0 radical (unpaired) electrons. The van der Waals surface area contributed by atoms with E-state index in [0.717, 1.165) is 22.5 Å². The van der Waals surface area contributed by atoms with E-state index in [2.05, 4.69) is 91.8 Å². The highest BCUT2D eigenvalue weighted by Crippen LogP contribution is 2.39. The number of carbonyl (C=O) groups is 1. The van der Waals surface area contributed by atoms with Crippen LogP contribution in [0.1, 0.15) is 51.4 Å². The molecule has 0 atom stereocenters. The lowest BCUT2D eigenvalue weighted by molar-refractivity contribution is -0.115. The molecule has 30 heavy (non-hydrogen) atoms. The minimum atomic E-state index is 0.0271. The zero-order valence-corrected chi connectivity index (χ0v) is 19.8. The third-order valence-electron chi connectivity index (χ3n) is 5.88. The molecule has 3 aromatic carbocycles. The maximum atomic E-state index is 12.8. The number of hydrogen-bond acceptors (Lipinski definition) is 1. The number of hydrogen-bond donors (Lipinski definition) is 0. The molecule has 0 aliphatic heterocycles. The SMILES string of the molecule is CC(=O)N(c1cc(C)c(-c2c(C)cc(C)cc2C)c(C)c1)c1c(C)cc(C)cc1C. The van der Waals surface area contributed by atoms with Crippen molar-refractivity contribution in [1.82, 2.24) is 0 Å². The van der Waals surface area contributed by atoms with Crippen LogP contribution in [-0.4, -0.2) is 5.91 Å². The van der Waals surface area contributed by atoms with Gasteiger partial charge >= 0.3 is 0 Å². The molecule has 3 rings (SSSR count). The van der Waals surface area contributed by atoms with Gasteiger partial charge in [-0.05, 0) is 112 Å². The Morgan fingerprint density at radius 1 is 0.567 bits per heavy atom. The van der Waals surface area contributed by atoms with Crippen molar-refractivity contribution in [2.24, 2.45) is 0 Å². The summed E-state index contributed by atoms with van der Waals surface area (Å²) >= 11 is 0. The molecule has 156 valence electrons. The highest BCUT2D eigenvalue weighted by Gasteiger charge is 2.21. The number of carbonyl (C=O) groups excluding carboxylic acids is 1. The Hall–Kier alpha value is -2.87. The third-order valence-corrected chi connectivity index (χ3v) is 5.88. The van der Waals surface area contributed by atoms with Gasteiger partial charge in [-0.2, -0.15) is 0 Å². The van der Waals surface area contributed by atoms with Crippen molar-refractivity contribution in [3.05, 3.63) is 80.9 Å². The standard InChI is InChI=1S/C28H33NO/c1-16-10-18(3)26(19(4)11-16)27-20(5)14-25(15-21(27)6)29(24(9)30)28-22(7)12-17(2)13-23(28)8/h10-15H,1-9H3. The number of aryl methyl sites for hydroxylation is 8. The molecule has 3 aromatic rings. The maximum absolute atomic E-state index is 12.8. The average Bonchev–Trinajstić information content (AvgIpc) is 2.58. The summed E-state index contributed by atoms with van der Waals surface area (Å²) in [7, 11) is 0. The van der Waals surface area contributed by atoms with E-state index in [1.54, 1.807) is 6.92 Å². The molecule has 0 unspecified atom stereocenters. The van der Waals surface area contributed by atoms with Gasteiger partial charge in [-0.25, -0.2) is 0 Å². The summed E-state index contributed by atoms with van der Waals surface area (Å²) in [5.74, 6) is 0.0271. The van der Waals surface area contributed by atoms with Crippen LogP contribution in [0.25, 0.3) is 11.1 Å². The van der Waals surface area contributed by atoms with Crippen molar-refractivity contribution < 1.29 is 4.79 Å². The van der Waals surface area contributed by atoms with Crippen LogP contribution in [0.3, 0.4) is 0 Å². The van der Waals surface area contributed by atoms with Gasteiger partial charge in [0.25, 0.3) is 0 Å². The first-order valence-corrected chi connectivity index (χ1v) is 10.6. The normalized spacial score (nSPS) is 11.0. The molecule has 2 heteroatoms. The van der Waals surface area contributed by atoms with Crippen molar-refractivity contribution in [2.45, 2.75) is 62.3 Å². The van der Waals surface area contributed by atoms with Crippen LogP contribution in [0.4, 0.5) is 11.4 Å². The lowest BCUT2D eigenvalue weighted by Crippen LogP contribution is -2.25. The van der Waals surface area contributed by atoms with Crippen LogP contribution in [0.5, 0.6) is 0 Å². The first-order valence-electron chi connectivity index (χ1n) is 10.6. The molecule has 2 nitrogen and oxygen atoms in total. The number of rotatable bonds is 3. The minimum absolute atomic E-state index is 0.0271. The number of amides is 1. The molecular formula is C28H33NO. The van der Waals surface area contributed by atoms with Crippen LogP contribution in [0.15, 0.2) is 36.4 Å². The van der Waals surface area contributed by atoms with E-state index in [4.69, 9.17) is 0 Å². The second kappa shape index (κ2) is 8.10. The van der Waals surface area contributed by atoms with E-state index >= 15 is 0 Å². The van der Waals surface area contributed by atoms with Crippen molar-refractivity contribution in [3.8, 4) is 11.1 Å². The van der Waals surface area contributed by atoms with E-state index in [1.165, 1.54) is 44.5 Å². The molecule has 0 bridgehead atoms. The third kappa shape index (κ3) is 3.92. The predicted octanol–water partition coefficient (Wildman–Crippen LogP) is 7.51. The van der Waals surface area contributed by atoms with Crippen molar-refractivity contribution >= 4 is 17.3 Å². The highest BCUT2D eigenvalue weighted by molar-refractivity contribution is 6.01. The summed E-state index contributed by atoms with van der Waals surface area (Å²) < 4.78 is 0. The Balaban J connectivity index is 2.23. The number of benzene rings is 3. The molecule has 0 aliphatic carbocycles. The van der Waals surface area contributed by atoms with Gasteiger partial charge in [0.05, 0.1) is 5.69 Å². The van der Waals surface area contributed by atoms with Gasteiger partial charge in [0.1, 0.15) is 0 Å². The maximum Gasteiger partial charge on any atom is 0.228 e. The molecule has 1 amide bonds. The van der Waals surface area contributed by atoms with Gasteiger partial charge < -0.3 is 0 Å². The van der Waals surface area contributed by atoms with Gasteiger partial charge in [-0.3, -0.25) is 9.69 Å². The Bertz CT molecular complexity index is 1080. The minimum Gasteiger partial charge on any atom is -0.281 e. The zero-order valence-electron chi connectivity index (χ0n) is 19.8. The molecule has 0 aromatic heterocycles. The molecule has 0 aliphatic rings. The second-order valence-corrected chi connectivity index (χ2v) is 8.83. The molecule has 0 saturated carbocycles. The van der Waals surface area contributed by atoms with Crippen LogP contribution >= 0.6 is 0 Å². The van der Waals surface area contributed by atoms with Gasteiger partial charge in [0.2, 0.25) is 5.91 Å². The summed E-state index contributed by atoms with van der Waals surface area (Å²) in [6, 6.07) is 13.1.